The Morgan fingerprint density at radius 3 is 3.05 bits per heavy atom. The van der Waals surface area contributed by atoms with Crippen LogP contribution in [0.1, 0.15) is 13.3 Å². The highest BCUT2D eigenvalue weighted by atomic mass is 16.5. The molecule has 2 N–H and O–H groups in total. The molecule has 0 radical (unpaired) electrons. The molecule has 1 saturated heterocycles. The first-order chi connectivity index (χ1) is 9.25. The van der Waals surface area contributed by atoms with Gasteiger partial charge < -0.3 is 15.0 Å². The molecule has 3 rings (SSSR count). The van der Waals surface area contributed by atoms with Crippen LogP contribution in [0.4, 0.5) is 5.69 Å². The van der Waals surface area contributed by atoms with Crippen molar-refractivity contribution < 1.29 is 4.74 Å². The molecule has 100 valence electrons. The van der Waals surface area contributed by atoms with Gasteiger partial charge in [-0.25, -0.2) is 4.98 Å². The monoisotopic (exact) mass is 258 g/mol. The van der Waals surface area contributed by atoms with Crippen LogP contribution < -0.4 is 5.73 Å². The van der Waals surface area contributed by atoms with Crippen LogP contribution in [0.5, 0.6) is 0 Å². The Morgan fingerprint density at radius 1 is 1.42 bits per heavy atom. The van der Waals surface area contributed by atoms with E-state index in [-0.39, 0.29) is 0 Å². The molecule has 3 heterocycles. The molecule has 2 unspecified atom stereocenters. The Morgan fingerprint density at radius 2 is 2.32 bits per heavy atom. The fourth-order valence-electron chi connectivity index (χ4n) is 2.58. The highest BCUT2D eigenvalue weighted by Crippen LogP contribution is 2.28. The van der Waals surface area contributed by atoms with Crippen molar-refractivity contribution in [1.82, 2.24) is 14.5 Å². The van der Waals surface area contributed by atoms with E-state index in [0.29, 0.717) is 12.0 Å². The average molecular weight is 258 g/mol. The zero-order chi connectivity index (χ0) is 13.2. The second kappa shape index (κ2) is 5.01. The van der Waals surface area contributed by atoms with Gasteiger partial charge in [0.1, 0.15) is 0 Å². The van der Waals surface area contributed by atoms with E-state index in [1.165, 1.54) is 0 Å². The van der Waals surface area contributed by atoms with E-state index < -0.39 is 0 Å². The lowest BCUT2D eigenvalue weighted by atomic mass is 10.0. The van der Waals surface area contributed by atoms with Gasteiger partial charge in [0.2, 0.25) is 0 Å². The Labute approximate surface area is 112 Å². The fraction of sp³-hybridized carbons (Fsp3) is 0.429. The van der Waals surface area contributed by atoms with Crippen LogP contribution in [-0.4, -0.2) is 27.2 Å². The smallest absolute Gasteiger partial charge is 0.0951 e. The maximum atomic E-state index is 6.01. The Bertz CT molecular complexity index is 566. The number of pyridine rings is 1. The first kappa shape index (κ1) is 12.2. The molecular formula is C14H18N4O. The Hall–Kier alpha value is -1.88. The normalized spacial score (nSPS) is 22.8. The molecule has 5 nitrogen and oxygen atoms in total. The summed E-state index contributed by atoms with van der Waals surface area (Å²) in [5, 5.41) is 0. The lowest BCUT2D eigenvalue weighted by Crippen LogP contribution is -2.18. The summed E-state index contributed by atoms with van der Waals surface area (Å²) in [6.45, 7) is 3.89. The van der Waals surface area contributed by atoms with Crippen LogP contribution in [-0.2, 0) is 11.3 Å². The van der Waals surface area contributed by atoms with Gasteiger partial charge in [0, 0.05) is 42.7 Å². The summed E-state index contributed by atoms with van der Waals surface area (Å²) >= 11 is 0. The molecular weight excluding hydrogens is 240 g/mol. The predicted octanol–water partition coefficient (Wildman–Crippen LogP) is 1.95. The van der Waals surface area contributed by atoms with Gasteiger partial charge in [-0.2, -0.15) is 0 Å². The number of rotatable bonds is 3. The zero-order valence-electron chi connectivity index (χ0n) is 11.0. The minimum Gasteiger partial charge on any atom is -0.398 e. The van der Waals surface area contributed by atoms with Crippen molar-refractivity contribution in [3.8, 4) is 11.3 Å². The average Bonchev–Trinajstić information content (AvgIpc) is 3.01. The van der Waals surface area contributed by atoms with E-state index in [2.05, 4.69) is 21.5 Å². The third kappa shape index (κ3) is 2.33. The molecule has 0 spiro atoms. The van der Waals surface area contributed by atoms with Crippen molar-refractivity contribution >= 4 is 5.69 Å². The first-order valence-corrected chi connectivity index (χ1v) is 6.57. The highest BCUT2D eigenvalue weighted by molar-refractivity contribution is 5.72. The highest BCUT2D eigenvalue weighted by Gasteiger charge is 2.25. The maximum Gasteiger partial charge on any atom is 0.0951 e. The van der Waals surface area contributed by atoms with Gasteiger partial charge in [-0.05, 0) is 19.4 Å². The third-order valence-corrected chi connectivity index (χ3v) is 3.81. The molecule has 19 heavy (non-hydrogen) atoms. The molecule has 5 heteroatoms. The minimum atomic E-state index is 0.307. The van der Waals surface area contributed by atoms with Gasteiger partial charge >= 0.3 is 0 Å². The molecule has 0 aliphatic carbocycles. The summed E-state index contributed by atoms with van der Waals surface area (Å²) in [5.74, 6) is 0.533. The number of hydrogen-bond donors (Lipinski definition) is 1. The van der Waals surface area contributed by atoms with Crippen molar-refractivity contribution in [2.75, 3.05) is 12.3 Å². The molecule has 2 atom stereocenters. The van der Waals surface area contributed by atoms with Crippen LogP contribution in [0.15, 0.2) is 31.0 Å². The van der Waals surface area contributed by atoms with E-state index >= 15 is 0 Å². The maximum absolute atomic E-state index is 6.01. The summed E-state index contributed by atoms with van der Waals surface area (Å²) in [7, 11) is 0. The van der Waals surface area contributed by atoms with E-state index in [1.807, 2.05) is 18.6 Å². The van der Waals surface area contributed by atoms with Crippen molar-refractivity contribution in [3.05, 3.63) is 31.0 Å². The van der Waals surface area contributed by atoms with Crippen LogP contribution in [0.25, 0.3) is 11.3 Å². The number of ether oxygens (including phenoxy) is 1. The number of anilines is 1. The van der Waals surface area contributed by atoms with E-state index in [1.54, 1.807) is 12.4 Å². The molecule has 1 aliphatic rings. The Kier molecular flexibility index (Phi) is 3.21. The van der Waals surface area contributed by atoms with Gasteiger partial charge in [0.15, 0.2) is 0 Å². The Balaban J connectivity index is 1.88. The minimum absolute atomic E-state index is 0.307. The van der Waals surface area contributed by atoms with Crippen LogP contribution in [0.2, 0.25) is 0 Å². The van der Waals surface area contributed by atoms with Crippen molar-refractivity contribution in [1.29, 1.82) is 0 Å². The number of nitrogen functional groups attached to an aromatic ring is 1. The molecule has 1 fully saturated rings. The summed E-state index contributed by atoms with van der Waals surface area (Å²) in [4.78, 5) is 8.39. The van der Waals surface area contributed by atoms with Gasteiger partial charge in [-0.1, -0.05) is 0 Å². The number of nitrogens with zero attached hydrogens (tertiary/aromatic N) is 3. The predicted molar refractivity (Wildman–Crippen MR) is 73.4 cm³/mol. The van der Waals surface area contributed by atoms with Gasteiger partial charge in [0.05, 0.1) is 24.3 Å². The summed E-state index contributed by atoms with van der Waals surface area (Å²) in [6.07, 6.45) is 8.59. The molecule has 0 saturated carbocycles. The second-order valence-electron chi connectivity index (χ2n) is 5.02. The van der Waals surface area contributed by atoms with Gasteiger partial charge in [-0.15, -0.1) is 0 Å². The molecule has 2 aromatic rings. The van der Waals surface area contributed by atoms with E-state index in [9.17, 15) is 0 Å². The molecule has 0 amide bonds. The molecule has 1 aliphatic heterocycles. The standard InChI is InChI=1S/C14H18N4O/c1-10-11(3-5-19-10)8-18-9-17-7-14(18)12-6-16-4-2-13(12)15/h2,4,6-7,9-11H,3,5,8H2,1H3,(H2,15,16). The SMILES string of the molecule is CC1OCCC1Cn1cncc1-c1cnccc1N. The first-order valence-electron chi connectivity index (χ1n) is 6.57. The third-order valence-electron chi connectivity index (χ3n) is 3.81. The summed E-state index contributed by atoms with van der Waals surface area (Å²) in [5.41, 5.74) is 8.69. The van der Waals surface area contributed by atoms with Crippen molar-refractivity contribution in [3.63, 3.8) is 0 Å². The molecule has 2 aromatic heterocycles. The van der Waals surface area contributed by atoms with Gasteiger partial charge in [0.25, 0.3) is 0 Å². The van der Waals surface area contributed by atoms with Crippen molar-refractivity contribution in [2.45, 2.75) is 26.0 Å². The topological polar surface area (TPSA) is 66.0 Å². The fourth-order valence-corrected chi connectivity index (χ4v) is 2.58. The van der Waals surface area contributed by atoms with Crippen LogP contribution in [0.3, 0.4) is 0 Å². The zero-order valence-corrected chi connectivity index (χ0v) is 11.0. The lowest BCUT2D eigenvalue weighted by Gasteiger charge is -2.17. The van der Waals surface area contributed by atoms with E-state index in [4.69, 9.17) is 10.5 Å². The largest absolute Gasteiger partial charge is 0.398 e. The number of aromatic nitrogens is 3. The number of nitrogens with two attached hydrogens (primary N) is 1. The summed E-state index contributed by atoms with van der Waals surface area (Å²) < 4.78 is 7.75. The summed E-state index contributed by atoms with van der Waals surface area (Å²) in [6, 6.07) is 1.81. The van der Waals surface area contributed by atoms with E-state index in [0.717, 1.165) is 36.5 Å². The number of hydrogen-bond acceptors (Lipinski definition) is 4. The second-order valence-corrected chi connectivity index (χ2v) is 5.02. The number of imidazole rings is 1. The quantitative estimate of drug-likeness (QED) is 0.913. The van der Waals surface area contributed by atoms with Crippen LogP contribution in [0, 0.1) is 5.92 Å². The molecule has 0 aromatic carbocycles. The lowest BCUT2D eigenvalue weighted by molar-refractivity contribution is 0.102. The van der Waals surface area contributed by atoms with Crippen LogP contribution >= 0.6 is 0 Å². The van der Waals surface area contributed by atoms with Crippen molar-refractivity contribution in [2.24, 2.45) is 5.92 Å². The van der Waals surface area contributed by atoms with Gasteiger partial charge in [-0.3, -0.25) is 4.98 Å². The molecule has 0 bridgehead atoms.